The minimum atomic E-state index is -0.654. The van der Waals surface area contributed by atoms with Crippen molar-refractivity contribution in [1.82, 2.24) is 5.32 Å². The summed E-state index contributed by atoms with van der Waals surface area (Å²) in [7, 11) is 0. The summed E-state index contributed by atoms with van der Waals surface area (Å²) in [4.78, 5) is 33.5. The smallest absolute Gasteiger partial charge is 0.331 e. The summed E-state index contributed by atoms with van der Waals surface area (Å²) in [6.07, 6.45) is 2.00. The minimum Gasteiger partial charge on any atom is -0.463 e. The average Bonchev–Trinajstić information content (AvgIpc) is 2.34. The fourth-order valence-electron chi connectivity index (χ4n) is 1.03. The Morgan fingerprint density at radius 1 is 1.05 bits per heavy atom. The Balaban J connectivity index is 3.96. The molecule has 1 atom stereocenters. The van der Waals surface area contributed by atoms with Crippen molar-refractivity contribution in [1.29, 1.82) is 0 Å². The molecule has 0 aliphatic carbocycles. The van der Waals surface area contributed by atoms with Crippen LogP contribution in [0, 0.1) is 5.92 Å². The molecule has 1 N–H and O–H groups in total. The first kappa shape index (κ1) is 17.2. The van der Waals surface area contributed by atoms with Gasteiger partial charge in [0.25, 0.3) is 0 Å². The number of amides is 1. The molecule has 0 radical (unpaired) electrons. The molecule has 0 heterocycles. The van der Waals surface area contributed by atoms with Crippen molar-refractivity contribution < 1.29 is 23.9 Å². The average molecular weight is 271 g/mol. The van der Waals surface area contributed by atoms with Gasteiger partial charge in [-0.3, -0.25) is 4.79 Å². The molecule has 0 fully saturated rings. The third kappa shape index (κ3) is 8.82. The van der Waals surface area contributed by atoms with E-state index in [0.717, 1.165) is 12.2 Å². The summed E-state index contributed by atoms with van der Waals surface area (Å²) in [5.74, 6) is -1.48. The van der Waals surface area contributed by atoms with Gasteiger partial charge in [0.05, 0.1) is 12.6 Å². The number of hydrogen-bond acceptors (Lipinski definition) is 5. The molecule has 0 aromatic heterocycles. The van der Waals surface area contributed by atoms with Gasteiger partial charge in [0.1, 0.15) is 6.61 Å². The van der Waals surface area contributed by atoms with Crippen LogP contribution in [0.4, 0.5) is 0 Å². The van der Waals surface area contributed by atoms with Crippen LogP contribution in [0.5, 0.6) is 0 Å². The Morgan fingerprint density at radius 3 is 2.05 bits per heavy atom. The molecule has 0 saturated heterocycles. The molecule has 0 unspecified atom stereocenters. The number of ether oxygens (including phenoxy) is 2. The van der Waals surface area contributed by atoms with Crippen LogP contribution in [0.3, 0.4) is 0 Å². The SMILES string of the molecule is CCOC(=O)/C=C/C(=O)OC[C@@H](C)NC(=O)C(C)C. The lowest BCUT2D eigenvalue weighted by Crippen LogP contribution is -2.38. The molecule has 0 aliphatic rings. The predicted octanol–water partition coefficient (Wildman–Crippen LogP) is 0.810. The van der Waals surface area contributed by atoms with E-state index in [-0.39, 0.29) is 31.1 Å². The van der Waals surface area contributed by atoms with Gasteiger partial charge in [-0.1, -0.05) is 13.8 Å². The van der Waals surface area contributed by atoms with Crippen LogP contribution in [0.1, 0.15) is 27.7 Å². The molecular formula is C13H21NO5. The largest absolute Gasteiger partial charge is 0.463 e. The standard InChI is InChI=1S/C13H21NO5/c1-5-18-11(15)6-7-12(16)19-8-10(4)14-13(17)9(2)3/h6-7,9-10H,5,8H2,1-4H3,(H,14,17)/b7-6+/t10-/m1/s1. The van der Waals surface area contributed by atoms with Gasteiger partial charge < -0.3 is 14.8 Å². The fourth-order valence-corrected chi connectivity index (χ4v) is 1.03. The molecule has 0 rings (SSSR count). The zero-order chi connectivity index (χ0) is 14.8. The minimum absolute atomic E-state index is 0.0461. The van der Waals surface area contributed by atoms with Crippen molar-refractivity contribution in [3.8, 4) is 0 Å². The van der Waals surface area contributed by atoms with Crippen LogP contribution in [-0.4, -0.2) is 37.1 Å². The molecule has 0 aromatic carbocycles. The summed E-state index contributed by atoms with van der Waals surface area (Å²) in [6.45, 7) is 7.24. The summed E-state index contributed by atoms with van der Waals surface area (Å²) < 4.78 is 9.47. The van der Waals surface area contributed by atoms with Gasteiger partial charge in [-0.15, -0.1) is 0 Å². The van der Waals surface area contributed by atoms with Crippen molar-refractivity contribution in [3.05, 3.63) is 12.2 Å². The number of rotatable bonds is 7. The molecule has 0 saturated carbocycles. The van der Waals surface area contributed by atoms with E-state index in [1.807, 2.05) is 0 Å². The van der Waals surface area contributed by atoms with E-state index < -0.39 is 11.9 Å². The van der Waals surface area contributed by atoms with Crippen LogP contribution in [-0.2, 0) is 23.9 Å². The summed E-state index contributed by atoms with van der Waals surface area (Å²) in [5.41, 5.74) is 0. The summed E-state index contributed by atoms with van der Waals surface area (Å²) in [5, 5.41) is 2.69. The van der Waals surface area contributed by atoms with E-state index in [9.17, 15) is 14.4 Å². The highest BCUT2D eigenvalue weighted by Crippen LogP contribution is 1.94. The molecule has 0 spiro atoms. The second-order valence-electron chi connectivity index (χ2n) is 4.28. The van der Waals surface area contributed by atoms with Crippen molar-refractivity contribution in [2.45, 2.75) is 33.7 Å². The fraction of sp³-hybridized carbons (Fsp3) is 0.615. The second kappa shape index (κ2) is 9.13. The maximum absolute atomic E-state index is 11.4. The molecule has 0 bridgehead atoms. The lowest BCUT2D eigenvalue weighted by atomic mass is 10.2. The van der Waals surface area contributed by atoms with Gasteiger partial charge in [-0.25, -0.2) is 9.59 Å². The Morgan fingerprint density at radius 2 is 1.58 bits per heavy atom. The predicted molar refractivity (Wildman–Crippen MR) is 69.2 cm³/mol. The zero-order valence-corrected chi connectivity index (χ0v) is 11.8. The van der Waals surface area contributed by atoms with Gasteiger partial charge in [0.15, 0.2) is 0 Å². The molecular weight excluding hydrogens is 250 g/mol. The molecule has 6 heteroatoms. The normalized spacial score (nSPS) is 12.3. The summed E-state index contributed by atoms with van der Waals surface area (Å²) in [6, 6.07) is -0.283. The Kier molecular flexibility index (Phi) is 8.24. The monoisotopic (exact) mass is 271 g/mol. The van der Waals surface area contributed by atoms with E-state index >= 15 is 0 Å². The molecule has 6 nitrogen and oxygen atoms in total. The van der Waals surface area contributed by atoms with Crippen LogP contribution in [0.15, 0.2) is 12.2 Å². The Hall–Kier alpha value is -1.85. The highest BCUT2D eigenvalue weighted by molar-refractivity contribution is 5.91. The Bertz CT molecular complexity index is 349. The number of hydrogen-bond donors (Lipinski definition) is 1. The third-order valence-corrected chi connectivity index (χ3v) is 2.03. The lowest BCUT2D eigenvalue weighted by molar-refractivity contribution is -0.141. The highest BCUT2D eigenvalue weighted by Gasteiger charge is 2.11. The van der Waals surface area contributed by atoms with Crippen LogP contribution < -0.4 is 5.32 Å². The van der Waals surface area contributed by atoms with Gasteiger partial charge >= 0.3 is 11.9 Å². The first-order chi connectivity index (χ1) is 8.86. The van der Waals surface area contributed by atoms with Crippen molar-refractivity contribution in [3.63, 3.8) is 0 Å². The Labute approximate surface area is 113 Å². The number of esters is 2. The van der Waals surface area contributed by atoms with E-state index in [0.29, 0.717) is 0 Å². The van der Waals surface area contributed by atoms with E-state index in [1.165, 1.54) is 0 Å². The van der Waals surface area contributed by atoms with Crippen LogP contribution in [0.2, 0.25) is 0 Å². The third-order valence-electron chi connectivity index (χ3n) is 2.03. The van der Waals surface area contributed by atoms with Gasteiger partial charge in [0.2, 0.25) is 5.91 Å². The van der Waals surface area contributed by atoms with Gasteiger partial charge in [-0.05, 0) is 13.8 Å². The second-order valence-corrected chi connectivity index (χ2v) is 4.28. The van der Waals surface area contributed by atoms with Gasteiger partial charge in [0, 0.05) is 18.1 Å². The molecule has 19 heavy (non-hydrogen) atoms. The molecule has 0 aromatic rings. The summed E-state index contributed by atoms with van der Waals surface area (Å²) >= 11 is 0. The van der Waals surface area contributed by atoms with Crippen molar-refractivity contribution >= 4 is 17.8 Å². The first-order valence-corrected chi connectivity index (χ1v) is 6.18. The lowest BCUT2D eigenvalue weighted by Gasteiger charge is -2.15. The molecule has 108 valence electrons. The number of carbonyl (C=O) groups is 3. The van der Waals surface area contributed by atoms with Crippen molar-refractivity contribution in [2.24, 2.45) is 5.92 Å². The van der Waals surface area contributed by atoms with Gasteiger partial charge in [-0.2, -0.15) is 0 Å². The van der Waals surface area contributed by atoms with E-state index in [4.69, 9.17) is 4.74 Å². The van der Waals surface area contributed by atoms with Crippen LogP contribution >= 0.6 is 0 Å². The van der Waals surface area contributed by atoms with E-state index in [2.05, 4.69) is 10.1 Å². The molecule has 1 amide bonds. The van der Waals surface area contributed by atoms with E-state index in [1.54, 1.807) is 27.7 Å². The topological polar surface area (TPSA) is 81.7 Å². The maximum atomic E-state index is 11.4. The molecule has 0 aliphatic heterocycles. The quantitative estimate of drug-likeness (QED) is 0.547. The highest BCUT2D eigenvalue weighted by atomic mass is 16.5. The number of carbonyl (C=O) groups excluding carboxylic acids is 3. The van der Waals surface area contributed by atoms with Crippen molar-refractivity contribution in [2.75, 3.05) is 13.2 Å². The first-order valence-electron chi connectivity index (χ1n) is 6.18. The zero-order valence-electron chi connectivity index (χ0n) is 11.8. The number of nitrogens with one attached hydrogen (secondary N) is 1. The van der Waals surface area contributed by atoms with Crippen LogP contribution in [0.25, 0.3) is 0 Å². The maximum Gasteiger partial charge on any atom is 0.331 e.